The van der Waals surface area contributed by atoms with Gasteiger partial charge in [-0.2, -0.15) is 0 Å². The van der Waals surface area contributed by atoms with Crippen LogP contribution in [-0.2, 0) is 11.2 Å². The van der Waals surface area contributed by atoms with Crippen molar-refractivity contribution in [3.05, 3.63) is 35.2 Å². The highest BCUT2D eigenvalue weighted by Crippen LogP contribution is 2.42. The number of carbonyl (C=O) groups excluding carboxylic acids is 2. The Morgan fingerprint density at radius 3 is 2.33 bits per heavy atom. The molecule has 0 unspecified atom stereocenters. The molecule has 142 valence electrons. The molecule has 0 bridgehead atoms. The number of aromatic nitrogens is 2. The second-order valence-corrected chi connectivity index (χ2v) is 6.22. The van der Waals surface area contributed by atoms with Crippen LogP contribution in [0.5, 0.6) is 17.2 Å². The van der Waals surface area contributed by atoms with E-state index in [-0.39, 0.29) is 23.6 Å². The van der Waals surface area contributed by atoms with E-state index in [4.69, 9.17) is 14.2 Å². The molecule has 8 nitrogen and oxygen atoms in total. The zero-order valence-electron chi connectivity index (χ0n) is 15.7. The first-order valence-corrected chi connectivity index (χ1v) is 8.43. The van der Waals surface area contributed by atoms with Crippen molar-refractivity contribution in [1.29, 1.82) is 0 Å². The van der Waals surface area contributed by atoms with Gasteiger partial charge in [-0.25, -0.2) is 9.97 Å². The number of ether oxygens (including phenoxy) is 3. The maximum absolute atomic E-state index is 12.6. The van der Waals surface area contributed by atoms with E-state index in [0.29, 0.717) is 41.3 Å². The summed E-state index contributed by atoms with van der Waals surface area (Å²) in [6.07, 6.45) is 2.34. The average molecular weight is 371 g/mol. The van der Waals surface area contributed by atoms with Crippen LogP contribution in [0.4, 0.5) is 5.95 Å². The molecule has 1 heterocycles. The Bertz CT molecular complexity index is 872. The first-order chi connectivity index (χ1) is 13.0. The van der Waals surface area contributed by atoms with E-state index >= 15 is 0 Å². The third-order valence-electron chi connectivity index (χ3n) is 4.49. The molecule has 0 spiro atoms. The monoisotopic (exact) mass is 371 g/mol. The number of amides is 1. The van der Waals surface area contributed by atoms with E-state index in [1.165, 1.54) is 13.1 Å². The number of rotatable bonds is 5. The smallest absolute Gasteiger partial charge is 0.229 e. The van der Waals surface area contributed by atoms with Gasteiger partial charge in [0.15, 0.2) is 17.3 Å². The Morgan fingerprint density at radius 1 is 1.11 bits per heavy atom. The minimum absolute atomic E-state index is 0.0376. The number of nitrogens with one attached hydrogen (secondary N) is 1. The summed E-state index contributed by atoms with van der Waals surface area (Å²) in [5, 5.41) is 2.55. The van der Waals surface area contributed by atoms with E-state index in [2.05, 4.69) is 15.3 Å². The number of hydrogen-bond donors (Lipinski definition) is 1. The van der Waals surface area contributed by atoms with Crippen LogP contribution < -0.4 is 19.5 Å². The molecule has 1 aliphatic rings. The van der Waals surface area contributed by atoms with Gasteiger partial charge in [-0.3, -0.25) is 14.9 Å². The van der Waals surface area contributed by atoms with Crippen molar-refractivity contribution >= 4 is 17.6 Å². The predicted molar refractivity (Wildman–Crippen MR) is 97.8 cm³/mol. The van der Waals surface area contributed by atoms with Crippen molar-refractivity contribution < 1.29 is 23.8 Å². The molecule has 27 heavy (non-hydrogen) atoms. The highest BCUT2D eigenvalue weighted by atomic mass is 16.5. The fourth-order valence-electron chi connectivity index (χ4n) is 3.24. The topological polar surface area (TPSA) is 99.6 Å². The quantitative estimate of drug-likeness (QED) is 0.861. The first kappa shape index (κ1) is 18.6. The lowest BCUT2D eigenvalue weighted by Crippen LogP contribution is -2.22. The summed E-state index contributed by atoms with van der Waals surface area (Å²) in [5.74, 6) is 1.36. The highest BCUT2D eigenvalue weighted by Gasteiger charge is 2.29. The van der Waals surface area contributed by atoms with E-state index in [1.54, 1.807) is 21.3 Å². The minimum Gasteiger partial charge on any atom is -0.493 e. The minimum atomic E-state index is -0.265. The lowest BCUT2D eigenvalue weighted by Gasteiger charge is -2.24. The summed E-state index contributed by atoms with van der Waals surface area (Å²) < 4.78 is 16.2. The number of methoxy groups -OCH3 is 3. The molecule has 1 amide bonds. The van der Waals surface area contributed by atoms with Crippen molar-refractivity contribution in [2.75, 3.05) is 26.6 Å². The van der Waals surface area contributed by atoms with Crippen molar-refractivity contribution in [2.24, 2.45) is 0 Å². The Balaban J connectivity index is 1.98. The molecule has 0 saturated carbocycles. The molecule has 1 aliphatic carbocycles. The maximum Gasteiger partial charge on any atom is 0.229 e. The molecule has 1 N–H and O–H groups in total. The molecule has 0 radical (unpaired) electrons. The van der Waals surface area contributed by atoms with Crippen LogP contribution >= 0.6 is 0 Å². The van der Waals surface area contributed by atoms with Crippen molar-refractivity contribution in [3.63, 3.8) is 0 Å². The molecule has 3 rings (SSSR count). The van der Waals surface area contributed by atoms with Gasteiger partial charge >= 0.3 is 0 Å². The second-order valence-electron chi connectivity index (χ2n) is 6.22. The molecule has 0 saturated heterocycles. The van der Waals surface area contributed by atoms with Gasteiger partial charge in [0.25, 0.3) is 0 Å². The summed E-state index contributed by atoms with van der Waals surface area (Å²) in [5.41, 5.74) is 2.00. The molecule has 8 heteroatoms. The zero-order chi connectivity index (χ0) is 19.6. The summed E-state index contributed by atoms with van der Waals surface area (Å²) in [4.78, 5) is 32.2. The number of anilines is 1. The van der Waals surface area contributed by atoms with Gasteiger partial charge in [-0.05, 0) is 30.0 Å². The SMILES string of the molecule is COc1cc([C@@H]2CC(=O)c3cnc(NC(C)=O)nc3C2)cc(OC)c1OC. The zero-order valence-corrected chi connectivity index (χ0v) is 15.7. The molecule has 0 fully saturated rings. The van der Waals surface area contributed by atoms with Gasteiger partial charge in [0.2, 0.25) is 17.6 Å². The van der Waals surface area contributed by atoms with Gasteiger partial charge in [0, 0.05) is 19.5 Å². The Labute approximate surface area is 156 Å². The van der Waals surface area contributed by atoms with E-state index in [9.17, 15) is 9.59 Å². The highest BCUT2D eigenvalue weighted by molar-refractivity contribution is 5.98. The van der Waals surface area contributed by atoms with Crippen LogP contribution in [0, 0.1) is 0 Å². The molecule has 1 aromatic carbocycles. The Kier molecular flexibility index (Phi) is 5.25. The lowest BCUT2D eigenvalue weighted by atomic mass is 9.82. The molecule has 2 aromatic rings. The maximum atomic E-state index is 12.6. The number of nitrogens with zero attached hydrogens (tertiary/aromatic N) is 2. The van der Waals surface area contributed by atoms with Gasteiger partial charge in [0.1, 0.15) is 0 Å². The fraction of sp³-hybridized carbons (Fsp3) is 0.368. The van der Waals surface area contributed by atoms with E-state index < -0.39 is 0 Å². The van der Waals surface area contributed by atoms with E-state index in [1.807, 2.05) is 12.1 Å². The predicted octanol–water partition coefficient (Wildman–Crippen LogP) is 2.37. The average Bonchev–Trinajstić information content (AvgIpc) is 2.65. The molecule has 0 aliphatic heterocycles. The van der Waals surface area contributed by atoms with Gasteiger partial charge in [-0.15, -0.1) is 0 Å². The third-order valence-corrected chi connectivity index (χ3v) is 4.49. The molecular formula is C19H21N3O5. The third kappa shape index (κ3) is 3.69. The van der Waals surface area contributed by atoms with Crippen molar-refractivity contribution in [2.45, 2.75) is 25.7 Å². The number of Topliss-reactive ketones (excluding diaryl/α,β-unsaturated/α-hetero) is 1. The largest absolute Gasteiger partial charge is 0.493 e. The molecule has 1 aromatic heterocycles. The number of ketones is 1. The lowest BCUT2D eigenvalue weighted by molar-refractivity contribution is -0.114. The number of benzene rings is 1. The van der Waals surface area contributed by atoms with Crippen LogP contribution in [0.3, 0.4) is 0 Å². The standard InChI is InChI=1S/C19H21N3O5/c1-10(23)21-19-20-9-13-14(22-19)5-11(6-15(13)24)12-7-16(25-2)18(27-4)17(8-12)26-3/h7-9,11H,5-6H2,1-4H3,(H,20,21,22,23)/t11-/m0/s1. The summed E-state index contributed by atoms with van der Waals surface area (Å²) >= 11 is 0. The number of hydrogen-bond acceptors (Lipinski definition) is 7. The van der Waals surface area contributed by atoms with Gasteiger partial charge < -0.3 is 14.2 Å². The van der Waals surface area contributed by atoms with Crippen LogP contribution in [0.25, 0.3) is 0 Å². The normalized spacial score (nSPS) is 15.7. The Morgan fingerprint density at radius 2 is 1.78 bits per heavy atom. The van der Waals surface area contributed by atoms with E-state index in [0.717, 1.165) is 5.56 Å². The van der Waals surface area contributed by atoms with Gasteiger partial charge in [0.05, 0.1) is 32.6 Å². The molecule has 1 atom stereocenters. The summed E-state index contributed by atoms with van der Waals surface area (Å²) in [6, 6.07) is 3.69. The summed E-state index contributed by atoms with van der Waals surface area (Å²) in [7, 11) is 4.64. The van der Waals surface area contributed by atoms with Crippen molar-refractivity contribution in [3.8, 4) is 17.2 Å². The Hall–Kier alpha value is -3.16. The van der Waals surface area contributed by atoms with Crippen LogP contribution in [0.2, 0.25) is 0 Å². The van der Waals surface area contributed by atoms with Gasteiger partial charge in [-0.1, -0.05) is 0 Å². The van der Waals surface area contributed by atoms with Crippen LogP contribution in [0.1, 0.15) is 40.9 Å². The number of fused-ring (bicyclic) bond motifs is 1. The van der Waals surface area contributed by atoms with Crippen LogP contribution in [-0.4, -0.2) is 43.0 Å². The number of carbonyl (C=O) groups is 2. The van der Waals surface area contributed by atoms with Crippen molar-refractivity contribution in [1.82, 2.24) is 9.97 Å². The molecular weight excluding hydrogens is 350 g/mol. The fourth-order valence-corrected chi connectivity index (χ4v) is 3.24. The first-order valence-electron chi connectivity index (χ1n) is 8.43. The summed E-state index contributed by atoms with van der Waals surface area (Å²) in [6.45, 7) is 1.38. The van der Waals surface area contributed by atoms with Crippen LogP contribution in [0.15, 0.2) is 18.3 Å². The second kappa shape index (κ2) is 7.61.